The Kier molecular flexibility index (Phi) is 1.86. The molecule has 1 rings (SSSR count). The van der Waals surface area contributed by atoms with Gasteiger partial charge in [0, 0.05) is 27.2 Å². The lowest BCUT2D eigenvalue weighted by molar-refractivity contribution is 0.0810. The maximum absolute atomic E-state index is 2.24. The molecule has 2 nitrogen and oxygen atoms in total. The summed E-state index contributed by atoms with van der Waals surface area (Å²) >= 11 is 0. The van der Waals surface area contributed by atoms with E-state index in [0.717, 1.165) is 0 Å². The molecule has 1 radical (unpaired) electrons. The molecule has 0 spiro atoms. The highest BCUT2D eigenvalue weighted by Gasteiger charge is 2.12. The van der Waals surface area contributed by atoms with Crippen LogP contribution in [0.4, 0.5) is 0 Å². The number of nitrogens with zero attached hydrogens (tertiary/aromatic N) is 2. The SMILES string of the molecule is CN(C)N1[CH]CCC1. The summed E-state index contributed by atoms with van der Waals surface area (Å²) in [5.74, 6) is 0. The van der Waals surface area contributed by atoms with Crippen LogP contribution >= 0.6 is 0 Å². The van der Waals surface area contributed by atoms with E-state index in [1.807, 2.05) is 0 Å². The van der Waals surface area contributed by atoms with Crippen LogP contribution < -0.4 is 0 Å². The Labute approximate surface area is 51.0 Å². The molecule has 8 heavy (non-hydrogen) atoms. The number of rotatable bonds is 1. The van der Waals surface area contributed by atoms with Gasteiger partial charge in [0.2, 0.25) is 0 Å². The van der Waals surface area contributed by atoms with Gasteiger partial charge in [-0.05, 0) is 12.8 Å². The van der Waals surface area contributed by atoms with Gasteiger partial charge in [-0.25, -0.2) is 10.0 Å². The highest BCUT2D eigenvalue weighted by Crippen LogP contribution is 2.11. The fraction of sp³-hybridized carbons (Fsp3) is 0.833. The van der Waals surface area contributed by atoms with Gasteiger partial charge < -0.3 is 0 Å². The van der Waals surface area contributed by atoms with E-state index in [2.05, 4.69) is 30.7 Å². The fourth-order valence-corrected chi connectivity index (χ4v) is 0.948. The summed E-state index contributed by atoms with van der Waals surface area (Å²) in [7, 11) is 4.14. The van der Waals surface area contributed by atoms with Gasteiger partial charge in [0.1, 0.15) is 0 Å². The number of hydrazine groups is 1. The van der Waals surface area contributed by atoms with Crippen molar-refractivity contribution in [3.8, 4) is 0 Å². The molecule has 47 valence electrons. The zero-order chi connectivity index (χ0) is 5.98. The van der Waals surface area contributed by atoms with E-state index >= 15 is 0 Å². The van der Waals surface area contributed by atoms with Crippen molar-refractivity contribution in [1.29, 1.82) is 0 Å². The Morgan fingerprint density at radius 2 is 2.25 bits per heavy atom. The van der Waals surface area contributed by atoms with Gasteiger partial charge in [0.25, 0.3) is 0 Å². The minimum absolute atomic E-state index is 1.20. The van der Waals surface area contributed by atoms with Crippen LogP contribution in [0, 0.1) is 6.54 Å². The third kappa shape index (κ3) is 1.20. The average Bonchev–Trinajstić information content (AvgIpc) is 2.12. The fourth-order valence-electron chi connectivity index (χ4n) is 0.948. The van der Waals surface area contributed by atoms with Crippen LogP contribution in [0.3, 0.4) is 0 Å². The van der Waals surface area contributed by atoms with Gasteiger partial charge in [-0.15, -0.1) is 0 Å². The van der Waals surface area contributed by atoms with Gasteiger partial charge in [0.15, 0.2) is 0 Å². The van der Waals surface area contributed by atoms with Crippen LogP contribution in [0.2, 0.25) is 0 Å². The van der Waals surface area contributed by atoms with E-state index < -0.39 is 0 Å². The molecule has 1 fully saturated rings. The first-order valence-corrected chi connectivity index (χ1v) is 3.08. The maximum Gasteiger partial charge on any atom is 0.0415 e. The second-order valence-corrected chi connectivity index (χ2v) is 2.34. The topological polar surface area (TPSA) is 6.48 Å². The summed E-state index contributed by atoms with van der Waals surface area (Å²) in [6.45, 7) is 3.44. The zero-order valence-corrected chi connectivity index (χ0v) is 5.59. The second kappa shape index (κ2) is 2.46. The van der Waals surface area contributed by atoms with E-state index in [-0.39, 0.29) is 0 Å². The Morgan fingerprint density at radius 3 is 2.50 bits per heavy atom. The molecule has 2 heteroatoms. The quantitative estimate of drug-likeness (QED) is 0.494. The summed E-state index contributed by atoms with van der Waals surface area (Å²) in [6.07, 6.45) is 2.57. The molecule has 0 N–H and O–H groups in total. The van der Waals surface area contributed by atoms with Gasteiger partial charge in [-0.1, -0.05) is 0 Å². The van der Waals surface area contributed by atoms with Gasteiger partial charge in [0.05, 0.1) is 0 Å². The van der Waals surface area contributed by atoms with Gasteiger partial charge in [-0.3, -0.25) is 0 Å². The monoisotopic (exact) mass is 113 g/mol. The van der Waals surface area contributed by atoms with Gasteiger partial charge >= 0.3 is 0 Å². The zero-order valence-electron chi connectivity index (χ0n) is 5.59. The van der Waals surface area contributed by atoms with Crippen LogP contribution in [0.25, 0.3) is 0 Å². The van der Waals surface area contributed by atoms with E-state index in [1.54, 1.807) is 0 Å². The predicted octanol–water partition coefficient (Wildman–Crippen LogP) is 0.721. The first kappa shape index (κ1) is 6.05. The Morgan fingerprint density at radius 1 is 1.50 bits per heavy atom. The molecule has 1 aliphatic heterocycles. The third-order valence-corrected chi connectivity index (χ3v) is 1.44. The summed E-state index contributed by atoms with van der Waals surface area (Å²) in [4.78, 5) is 0. The van der Waals surface area contributed by atoms with E-state index in [1.165, 1.54) is 19.4 Å². The molecule has 0 unspecified atom stereocenters. The summed E-state index contributed by atoms with van der Waals surface area (Å²) in [5.41, 5.74) is 0. The molecule has 1 saturated heterocycles. The molecule has 1 heterocycles. The van der Waals surface area contributed by atoms with Crippen LogP contribution in [0.1, 0.15) is 12.8 Å². The van der Waals surface area contributed by atoms with Crippen molar-refractivity contribution < 1.29 is 0 Å². The van der Waals surface area contributed by atoms with Crippen molar-refractivity contribution in [3.63, 3.8) is 0 Å². The standard InChI is InChI=1S/C6H13N2/c1-7(2)8-5-3-4-6-8/h5H,3-4,6H2,1-2H3. The molecule has 0 saturated carbocycles. The molecular formula is C6H13N2. The molecule has 1 aliphatic rings. The first-order chi connectivity index (χ1) is 3.80. The highest BCUT2D eigenvalue weighted by molar-refractivity contribution is 4.72. The van der Waals surface area contributed by atoms with Crippen molar-refractivity contribution in [2.75, 3.05) is 20.6 Å². The van der Waals surface area contributed by atoms with Crippen molar-refractivity contribution in [2.24, 2.45) is 0 Å². The molecule has 0 amide bonds. The van der Waals surface area contributed by atoms with Crippen molar-refractivity contribution in [2.45, 2.75) is 12.8 Å². The third-order valence-electron chi connectivity index (χ3n) is 1.44. The maximum atomic E-state index is 2.24. The summed E-state index contributed by atoms with van der Waals surface area (Å²) in [6, 6.07) is 0. The number of hydrogen-bond donors (Lipinski definition) is 0. The molecule has 0 aromatic heterocycles. The summed E-state index contributed by atoms with van der Waals surface area (Å²) < 4.78 is 0. The Balaban J connectivity index is 2.24. The lowest BCUT2D eigenvalue weighted by Gasteiger charge is -2.21. The molecule has 0 aromatic rings. The molecule has 0 bridgehead atoms. The van der Waals surface area contributed by atoms with Crippen molar-refractivity contribution >= 4 is 0 Å². The van der Waals surface area contributed by atoms with E-state index in [4.69, 9.17) is 0 Å². The smallest absolute Gasteiger partial charge is 0.0415 e. The van der Waals surface area contributed by atoms with E-state index in [0.29, 0.717) is 0 Å². The van der Waals surface area contributed by atoms with Crippen LogP contribution in [-0.2, 0) is 0 Å². The normalized spacial score (nSPS) is 22.9. The van der Waals surface area contributed by atoms with Gasteiger partial charge in [-0.2, -0.15) is 0 Å². The largest absolute Gasteiger partial charge is 0.248 e. The van der Waals surface area contributed by atoms with Crippen LogP contribution in [0.5, 0.6) is 0 Å². The molecule has 0 aromatic carbocycles. The summed E-state index contributed by atoms with van der Waals surface area (Å²) in [5, 5.41) is 4.35. The highest BCUT2D eigenvalue weighted by atomic mass is 15.6. The number of hydrogen-bond acceptors (Lipinski definition) is 2. The van der Waals surface area contributed by atoms with Crippen LogP contribution in [0.15, 0.2) is 0 Å². The lowest BCUT2D eigenvalue weighted by Crippen LogP contribution is -2.31. The minimum atomic E-state index is 1.20. The molecule has 0 aliphatic carbocycles. The van der Waals surface area contributed by atoms with Crippen molar-refractivity contribution in [3.05, 3.63) is 6.54 Å². The minimum Gasteiger partial charge on any atom is -0.248 e. The lowest BCUT2D eigenvalue weighted by atomic mass is 10.4. The van der Waals surface area contributed by atoms with Crippen molar-refractivity contribution in [1.82, 2.24) is 10.0 Å². The van der Waals surface area contributed by atoms with Crippen LogP contribution in [-0.4, -0.2) is 30.7 Å². The Bertz CT molecular complexity index is 64.9. The Hall–Kier alpha value is -0.0800. The van der Waals surface area contributed by atoms with E-state index in [9.17, 15) is 0 Å². The average molecular weight is 113 g/mol. The molecule has 0 atom stereocenters. The second-order valence-electron chi connectivity index (χ2n) is 2.34. The first-order valence-electron chi connectivity index (χ1n) is 3.08. The molecular weight excluding hydrogens is 100 g/mol. The predicted molar refractivity (Wildman–Crippen MR) is 33.9 cm³/mol.